The van der Waals surface area contributed by atoms with Gasteiger partial charge in [-0.2, -0.15) is 0 Å². The molecule has 3 N–H and O–H groups in total. The lowest BCUT2D eigenvalue weighted by atomic mass is 10.2. The van der Waals surface area contributed by atoms with Crippen LogP contribution in [0, 0.1) is 0 Å². The SMILES string of the molecule is CCC(Nc1ccc(OC)c(NC(=O)OC(C)(C)C)c1)C(=O)O. The third kappa shape index (κ3) is 6.06. The Morgan fingerprint density at radius 1 is 1.30 bits per heavy atom. The molecular formula is C16H24N2O5. The van der Waals surface area contributed by atoms with E-state index in [1.807, 2.05) is 0 Å². The minimum atomic E-state index is -0.940. The van der Waals surface area contributed by atoms with Crippen molar-refractivity contribution in [3.63, 3.8) is 0 Å². The molecule has 1 aromatic carbocycles. The number of nitrogens with one attached hydrogen (secondary N) is 2. The summed E-state index contributed by atoms with van der Waals surface area (Å²) in [4.78, 5) is 23.0. The largest absolute Gasteiger partial charge is 0.495 e. The van der Waals surface area contributed by atoms with Crippen LogP contribution in [0.2, 0.25) is 0 Å². The van der Waals surface area contributed by atoms with Crippen molar-refractivity contribution in [1.82, 2.24) is 0 Å². The number of amides is 1. The second-order valence-corrected chi connectivity index (χ2v) is 5.99. The van der Waals surface area contributed by atoms with E-state index in [4.69, 9.17) is 14.6 Å². The Bertz CT molecular complexity index is 566. The summed E-state index contributed by atoms with van der Waals surface area (Å²) >= 11 is 0. The van der Waals surface area contributed by atoms with Gasteiger partial charge in [-0.25, -0.2) is 9.59 Å². The lowest BCUT2D eigenvalue weighted by molar-refractivity contribution is -0.137. The van der Waals surface area contributed by atoms with E-state index >= 15 is 0 Å². The number of carbonyl (C=O) groups excluding carboxylic acids is 1. The van der Waals surface area contributed by atoms with Crippen LogP contribution in [0.15, 0.2) is 18.2 Å². The fourth-order valence-corrected chi connectivity index (χ4v) is 1.85. The van der Waals surface area contributed by atoms with Crippen molar-refractivity contribution >= 4 is 23.4 Å². The Kier molecular flexibility index (Phi) is 6.24. The number of methoxy groups -OCH3 is 1. The number of hydrogen-bond acceptors (Lipinski definition) is 5. The first kappa shape index (κ1) is 18.6. The highest BCUT2D eigenvalue weighted by molar-refractivity contribution is 5.88. The molecule has 1 rings (SSSR count). The number of carboxylic acid groups (broad SMARTS) is 1. The van der Waals surface area contributed by atoms with Gasteiger partial charge in [0.15, 0.2) is 0 Å². The smallest absolute Gasteiger partial charge is 0.412 e. The highest BCUT2D eigenvalue weighted by Crippen LogP contribution is 2.29. The Hall–Kier alpha value is -2.44. The van der Waals surface area contributed by atoms with E-state index < -0.39 is 23.7 Å². The van der Waals surface area contributed by atoms with Crippen LogP contribution in [0.5, 0.6) is 5.75 Å². The van der Waals surface area contributed by atoms with Crippen LogP contribution in [0.4, 0.5) is 16.2 Å². The minimum Gasteiger partial charge on any atom is -0.495 e. The molecule has 0 radical (unpaired) electrons. The number of benzene rings is 1. The maximum atomic E-state index is 11.9. The van der Waals surface area contributed by atoms with Gasteiger partial charge >= 0.3 is 12.1 Å². The van der Waals surface area contributed by atoms with Crippen molar-refractivity contribution in [1.29, 1.82) is 0 Å². The summed E-state index contributed by atoms with van der Waals surface area (Å²) in [6.45, 7) is 7.07. The monoisotopic (exact) mass is 324 g/mol. The fraction of sp³-hybridized carbons (Fsp3) is 0.500. The molecule has 0 fully saturated rings. The second-order valence-electron chi connectivity index (χ2n) is 5.99. The molecule has 0 bridgehead atoms. The van der Waals surface area contributed by atoms with Gasteiger partial charge in [0.2, 0.25) is 0 Å². The molecule has 0 heterocycles. The van der Waals surface area contributed by atoms with E-state index in [9.17, 15) is 9.59 Å². The average molecular weight is 324 g/mol. The molecule has 1 amide bonds. The molecule has 128 valence electrons. The van der Waals surface area contributed by atoms with Crippen LogP contribution >= 0.6 is 0 Å². The predicted octanol–water partition coefficient (Wildman–Crippen LogP) is 3.32. The van der Waals surface area contributed by atoms with E-state index in [1.165, 1.54) is 7.11 Å². The normalized spacial score (nSPS) is 12.2. The third-order valence-corrected chi connectivity index (χ3v) is 2.88. The number of anilines is 2. The lowest BCUT2D eigenvalue weighted by Gasteiger charge is -2.21. The number of ether oxygens (including phenoxy) is 2. The fourth-order valence-electron chi connectivity index (χ4n) is 1.85. The summed E-state index contributed by atoms with van der Waals surface area (Å²) in [5.41, 5.74) is 0.335. The van der Waals surface area contributed by atoms with Crippen LogP contribution in [-0.4, -0.2) is 35.9 Å². The van der Waals surface area contributed by atoms with Crippen LogP contribution in [0.3, 0.4) is 0 Å². The molecule has 0 aliphatic heterocycles. The molecule has 0 aromatic heterocycles. The van der Waals surface area contributed by atoms with Gasteiger partial charge in [-0.05, 0) is 45.4 Å². The Morgan fingerprint density at radius 2 is 1.96 bits per heavy atom. The average Bonchev–Trinajstić information content (AvgIpc) is 2.42. The van der Waals surface area contributed by atoms with E-state index in [1.54, 1.807) is 45.9 Å². The summed E-state index contributed by atoms with van der Waals surface area (Å²) in [7, 11) is 1.48. The summed E-state index contributed by atoms with van der Waals surface area (Å²) in [5, 5.41) is 14.6. The Labute approximate surface area is 136 Å². The summed E-state index contributed by atoms with van der Waals surface area (Å²) in [6, 6.07) is 4.22. The van der Waals surface area contributed by atoms with E-state index in [0.29, 0.717) is 23.5 Å². The van der Waals surface area contributed by atoms with Crippen molar-refractivity contribution in [2.45, 2.75) is 45.8 Å². The number of hydrogen-bond donors (Lipinski definition) is 3. The molecule has 0 saturated heterocycles. The van der Waals surface area contributed by atoms with Crippen LogP contribution in [0.1, 0.15) is 34.1 Å². The van der Waals surface area contributed by atoms with E-state index in [2.05, 4.69) is 10.6 Å². The van der Waals surface area contributed by atoms with Gasteiger partial charge in [0.1, 0.15) is 17.4 Å². The minimum absolute atomic E-state index is 0.395. The van der Waals surface area contributed by atoms with Gasteiger partial charge in [-0.15, -0.1) is 0 Å². The molecule has 7 heteroatoms. The summed E-state index contributed by atoms with van der Waals surface area (Å²) in [5.74, 6) is -0.491. The van der Waals surface area contributed by atoms with Gasteiger partial charge in [0.05, 0.1) is 12.8 Å². The molecule has 0 aliphatic rings. The number of aliphatic carboxylic acids is 1. The second kappa shape index (κ2) is 7.71. The van der Waals surface area contributed by atoms with Crippen LogP contribution in [0.25, 0.3) is 0 Å². The van der Waals surface area contributed by atoms with E-state index in [0.717, 1.165) is 0 Å². The standard InChI is InChI=1S/C16H24N2O5/c1-6-11(14(19)20)17-10-7-8-13(22-5)12(9-10)18-15(21)23-16(2,3)4/h7-9,11,17H,6H2,1-5H3,(H,18,21)(H,19,20). The van der Waals surface area contributed by atoms with Gasteiger partial charge in [-0.1, -0.05) is 6.92 Å². The summed E-state index contributed by atoms with van der Waals surface area (Å²) < 4.78 is 10.4. The molecule has 1 atom stereocenters. The zero-order valence-corrected chi connectivity index (χ0v) is 14.1. The molecule has 0 spiro atoms. The molecule has 23 heavy (non-hydrogen) atoms. The van der Waals surface area contributed by atoms with Gasteiger partial charge in [0.25, 0.3) is 0 Å². The number of rotatable bonds is 6. The molecule has 7 nitrogen and oxygen atoms in total. The van der Waals surface area contributed by atoms with Gasteiger partial charge < -0.3 is 19.9 Å². The predicted molar refractivity (Wildman–Crippen MR) is 88.2 cm³/mol. The summed E-state index contributed by atoms with van der Waals surface area (Å²) in [6.07, 6.45) is -0.186. The van der Waals surface area contributed by atoms with Crippen molar-refractivity contribution in [2.24, 2.45) is 0 Å². The molecule has 0 aliphatic carbocycles. The third-order valence-electron chi connectivity index (χ3n) is 2.88. The van der Waals surface area contributed by atoms with Crippen molar-refractivity contribution in [3.05, 3.63) is 18.2 Å². The lowest BCUT2D eigenvalue weighted by Crippen LogP contribution is -2.28. The molecule has 1 unspecified atom stereocenters. The number of carbonyl (C=O) groups is 2. The molecular weight excluding hydrogens is 300 g/mol. The van der Waals surface area contributed by atoms with Crippen LogP contribution in [-0.2, 0) is 9.53 Å². The van der Waals surface area contributed by atoms with Gasteiger partial charge in [0, 0.05) is 5.69 Å². The Balaban J connectivity index is 2.95. The molecule has 0 saturated carbocycles. The topological polar surface area (TPSA) is 96.9 Å². The quantitative estimate of drug-likeness (QED) is 0.743. The van der Waals surface area contributed by atoms with Crippen molar-refractivity contribution in [2.75, 3.05) is 17.7 Å². The first-order chi connectivity index (χ1) is 10.7. The van der Waals surface area contributed by atoms with Crippen LogP contribution < -0.4 is 15.4 Å². The van der Waals surface area contributed by atoms with E-state index in [-0.39, 0.29) is 0 Å². The Morgan fingerprint density at radius 3 is 2.43 bits per heavy atom. The first-order valence-electron chi connectivity index (χ1n) is 7.33. The first-order valence-corrected chi connectivity index (χ1v) is 7.33. The van der Waals surface area contributed by atoms with Crippen molar-refractivity contribution < 1.29 is 24.2 Å². The number of carboxylic acids is 1. The maximum Gasteiger partial charge on any atom is 0.412 e. The zero-order chi connectivity index (χ0) is 17.6. The highest BCUT2D eigenvalue weighted by Gasteiger charge is 2.19. The highest BCUT2D eigenvalue weighted by atomic mass is 16.6. The molecule has 1 aromatic rings. The van der Waals surface area contributed by atoms with Gasteiger partial charge in [-0.3, -0.25) is 5.32 Å². The van der Waals surface area contributed by atoms with Crippen molar-refractivity contribution in [3.8, 4) is 5.75 Å². The maximum absolute atomic E-state index is 11.9. The zero-order valence-electron chi connectivity index (χ0n) is 14.1.